The SMILES string of the molecule is C=C1C[C@H](CCC(=O)CN2O[C@H]3[C@@H](O)[C@H]4O[C@@H](CC(=O)C[C@H]5COC[C@@H]5C)CC[C@@H]4O[C@H]3[C@H]2O)O[C@H]1CC. The van der Waals surface area contributed by atoms with Gasteiger partial charge in [-0.2, -0.15) is 5.06 Å². The minimum Gasteiger partial charge on any atom is -0.387 e. The van der Waals surface area contributed by atoms with E-state index in [-0.39, 0.29) is 42.3 Å². The van der Waals surface area contributed by atoms with Crippen LogP contribution < -0.4 is 0 Å². The number of Topliss-reactive ketones (excluding diaryl/α,β-unsaturated/α-hetero) is 2. The second kappa shape index (κ2) is 12.1. The highest BCUT2D eigenvalue weighted by Gasteiger charge is 2.57. The van der Waals surface area contributed by atoms with Gasteiger partial charge in [0.2, 0.25) is 0 Å². The summed E-state index contributed by atoms with van der Waals surface area (Å²) >= 11 is 0. The lowest BCUT2D eigenvalue weighted by molar-refractivity contribution is -0.268. The summed E-state index contributed by atoms with van der Waals surface area (Å²) < 4.78 is 23.7. The number of ketones is 2. The first-order valence-electron chi connectivity index (χ1n) is 14.3. The Hall–Kier alpha value is -1.24. The van der Waals surface area contributed by atoms with Gasteiger partial charge in [-0.1, -0.05) is 20.4 Å². The molecule has 5 fully saturated rings. The third-order valence-electron chi connectivity index (χ3n) is 8.88. The van der Waals surface area contributed by atoms with Crippen molar-refractivity contribution in [1.29, 1.82) is 0 Å². The van der Waals surface area contributed by atoms with Gasteiger partial charge >= 0.3 is 0 Å². The van der Waals surface area contributed by atoms with Gasteiger partial charge in [-0.3, -0.25) is 14.4 Å². The Kier molecular flexibility index (Phi) is 9.01. The topological polar surface area (TPSA) is 124 Å². The predicted octanol–water partition coefficient (Wildman–Crippen LogP) is 1.70. The predicted molar refractivity (Wildman–Crippen MR) is 135 cm³/mol. The van der Waals surface area contributed by atoms with E-state index in [0.717, 1.165) is 18.4 Å². The molecule has 0 unspecified atom stereocenters. The molecule has 5 aliphatic rings. The molecule has 0 radical (unpaired) electrons. The van der Waals surface area contributed by atoms with E-state index in [2.05, 4.69) is 20.4 Å². The van der Waals surface area contributed by atoms with E-state index < -0.39 is 36.7 Å². The first-order valence-corrected chi connectivity index (χ1v) is 14.3. The Labute approximate surface area is 224 Å². The number of carbonyl (C=O) groups excluding carboxylic acids is 2. The molecule has 5 aliphatic heterocycles. The summed E-state index contributed by atoms with van der Waals surface area (Å²) in [6.07, 6.45) is -0.565. The van der Waals surface area contributed by atoms with Crippen LogP contribution in [0.15, 0.2) is 12.2 Å². The normalized spacial score (nSPS) is 43.3. The van der Waals surface area contributed by atoms with Gasteiger partial charge in [0.25, 0.3) is 0 Å². The number of nitrogens with zero attached hydrogens (tertiary/aromatic N) is 1. The average Bonchev–Trinajstić information content (AvgIpc) is 3.55. The van der Waals surface area contributed by atoms with Crippen LogP contribution in [0.4, 0.5) is 0 Å². The maximum Gasteiger partial charge on any atom is 0.159 e. The molecule has 10 nitrogen and oxygen atoms in total. The largest absolute Gasteiger partial charge is 0.387 e. The van der Waals surface area contributed by atoms with Crippen molar-refractivity contribution in [1.82, 2.24) is 5.06 Å². The number of rotatable bonds is 10. The van der Waals surface area contributed by atoms with Crippen molar-refractivity contribution in [3.63, 3.8) is 0 Å². The number of ether oxygens (including phenoxy) is 4. The molecule has 0 spiro atoms. The van der Waals surface area contributed by atoms with Crippen LogP contribution in [0.2, 0.25) is 0 Å². The van der Waals surface area contributed by atoms with Gasteiger partial charge in [0.15, 0.2) is 6.23 Å². The van der Waals surface area contributed by atoms with Crippen LogP contribution in [-0.2, 0) is 33.4 Å². The summed E-state index contributed by atoms with van der Waals surface area (Å²) in [5.41, 5.74) is 1.08. The summed E-state index contributed by atoms with van der Waals surface area (Å²) in [6, 6.07) is 0. The Morgan fingerprint density at radius 3 is 2.53 bits per heavy atom. The zero-order valence-corrected chi connectivity index (χ0v) is 22.5. The van der Waals surface area contributed by atoms with Crippen molar-refractivity contribution in [3.05, 3.63) is 12.2 Å². The minimum atomic E-state index is -1.17. The molecular weight excluding hydrogens is 494 g/mol. The van der Waals surface area contributed by atoms with Crippen LogP contribution in [0.3, 0.4) is 0 Å². The van der Waals surface area contributed by atoms with E-state index in [1.165, 1.54) is 5.06 Å². The van der Waals surface area contributed by atoms with Crippen LogP contribution in [0.25, 0.3) is 0 Å². The molecule has 11 atom stereocenters. The summed E-state index contributed by atoms with van der Waals surface area (Å²) in [5.74, 6) is 0.699. The van der Waals surface area contributed by atoms with Gasteiger partial charge in [0, 0.05) is 25.9 Å². The van der Waals surface area contributed by atoms with E-state index in [0.29, 0.717) is 57.7 Å². The monoisotopic (exact) mass is 537 g/mol. The van der Waals surface area contributed by atoms with Gasteiger partial charge in [0.1, 0.15) is 36.0 Å². The smallest absolute Gasteiger partial charge is 0.159 e. The van der Waals surface area contributed by atoms with Crippen molar-refractivity contribution < 1.29 is 43.6 Å². The standard InChI is InChI=1S/C28H43NO9/c1-4-22-15(2)9-20(35-22)6-5-18(30)12-29-28(33)27-26(38-29)24(32)25-23(37-27)8-7-21(36-25)11-19(31)10-17-14-34-13-16(17)3/h16-17,20-28,32-33H,2,4-14H2,1,3H3/t16-,17-,20-,21+,22-,23-,24-,25-,26-,27+,28+/m0/s1. The summed E-state index contributed by atoms with van der Waals surface area (Å²) in [5, 5.41) is 23.1. The van der Waals surface area contributed by atoms with Crippen LogP contribution >= 0.6 is 0 Å². The molecule has 5 heterocycles. The molecule has 214 valence electrons. The van der Waals surface area contributed by atoms with E-state index in [1.54, 1.807) is 0 Å². The Morgan fingerprint density at radius 1 is 1.00 bits per heavy atom. The fourth-order valence-corrected chi connectivity index (χ4v) is 6.55. The summed E-state index contributed by atoms with van der Waals surface area (Å²) in [6.45, 7) is 9.44. The number of fused-ring (bicyclic) bond motifs is 2. The Morgan fingerprint density at radius 2 is 1.82 bits per heavy atom. The van der Waals surface area contributed by atoms with Crippen molar-refractivity contribution in [2.75, 3.05) is 19.8 Å². The molecule has 2 N–H and O–H groups in total. The molecule has 0 aliphatic carbocycles. The van der Waals surface area contributed by atoms with Crippen molar-refractivity contribution in [2.24, 2.45) is 11.8 Å². The van der Waals surface area contributed by atoms with Crippen LogP contribution in [0.5, 0.6) is 0 Å². The minimum absolute atomic E-state index is 0.0106. The van der Waals surface area contributed by atoms with Crippen LogP contribution in [0, 0.1) is 11.8 Å². The number of aliphatic hydroxyl groups is 2. The number of hydrogen-bond acceptors (Lipinski definition) is 10. The maximum absolute atomic E-state index is 12.7. The van der Waals surface area contributed by atoms with Gasteiger partial charge in [-0.15, -0.1) is 0 Å². The third-order valence-corrected chi connectivity index (χ3v) is 8.88. The van der Waals surface area contributed by atoms with Crippen molar-refractivity contribution >= 4 is 11.6 Å². The molecule has 38 heavy (non-hydrogen) atoms. The van der Waals surface area contributed by atoms with Gasteiger partial charge in [-0.25, -0.2) is 0 Å². The fourth-order valence-electron chi connectivity index (χ4n) is 6.55. The maximum atomic E-state index is 12.7. The Balaban J connectivity index is 1.10. The third kappa shape index (κ3) is 6.07. The number of aliphatic hydroxyl groups excluding tert-OH is 2. The summed E-state index contributed by atoms with van der Waals surface area (Å²) in [4.78, 5) is 31.2. The molecule has 0 saturated carbocycles. The first kappa shape index (κ1) is 28.3. The highest BCUT2D eigenvalue weighted by Crippen LogP contribution is 2.39. The lowest BCUT2D eigenvalue weighted by Gasteiger charge is -2.45. The molecule has 0 bridgehead atoms. The average molecular weight is 538 g/mol. The van der Waals surface area contributed by atoms with E-state index >= 15 is 0 Å². The van der Waals surface area contributed by atoms with E-state index in [1.807, 2.05) is 0 Å². The molecule has 0 amide bonds. The lowest BCUT2D eigenvalue weighted by atomic mass is 9.87. The Bertz CT molecular complexity index is 882. The highest BCUT2D eigenvalue weighted by molar-refractivity contribution is 5.80. The zero-order chi connectivity index (χ0) is 27.0. The van der Waals surface area contributed by atoms with Crippen molar-refractivity contribution in [3.8, 4) is 0 Å². The lowest BCUT2D eigenvalue weighted by Crippen LogP contribution is -2.61. The molecule has 10 heteroatoms. The number of hydrogen-bond donors (Lipinski definition) is 2. The molecule has 0 aromatic rings. The van der Waals surface area contributed by atoms with Crippen LogP contribution in [-0.4, -0.2) is 102 Å². The number of hydroxylamine groups is 2. The first-order chi connectivity index (χ1) is 18.2. The molecule has 0 aromatic heterocycles. The quantitative estimate of drug-likeness (QED) is 0.398. The van der Waals surface area contributed by atoms with E-state index in [4.69, 9.17) is 23.8 Å². The van der Waals surface area contributed by atoms with Crippen molar-refractivity contribution in [2.45, 2.75) is 120 Å². The molecule has 5 rings (SSSR count). The van der Waals surface area contributed by atoms with Gasteiger partial charge < -0.3 is 29.2 Å². The molecule has 0 aromatic carbocycles. The number of carbonyl (C=O) groups is 2. The van der Waals surface area contributed by atoms with Gasteiger partial charge in [-0.05, 0) is 49.5 Å². The summed E-state index contributed by atoms with van der Waals surface area (Å²) in [7, 11) is 0. The van der Waals surface area contributed by atoms with Crippen LogP contribution in [0.1, 0.15) is 65.2 Å². The zero-order valence-electron chi connectivity index (χ0n) is 22.5. The fraction of sp³-hybridized carbons (Fsp3) is 0.857. The molecular formula is C28H43NO9. The second-order valence-electron chi connectivity index (χ2n) is 11.8. The molecule has 5 saturated heterocycles. The highest BCUT2D eigenvalue weighted by atomic mass is 16.7. The van der Waals surface area contributed by atoms with Gasteiger partial charge in [0.05, 0.1) is 37.6 Å². The van der Waals surface area contributed by atoms with E-state index in [9.17, 15) is 19.8 Å². The second-order valence-corrected chi connectivity index (χ2v) is 11.8.